The predicted octanol–water partition coefficient (Wildman–Crippen LogP) is 17.9. The zero-order chi connectivity index (χ0) is 55.5. The molecular weight excluding hydrogens is 1020 g/mol. The average molecular weight is 1090 g/mol. The van der Waals surface area contributed by atoms with E-state index >= 15 is 0 Å². The molecule has 0 bridgehead atoms. The third-order valence-electron chi connectivity index (χ3n) is 18.1. The fourth-order valence-electron chi connectivity index (χ4n) is 13.8. The van der Waals surface area contributed by atoms with Gasteiger partial charge in [0.15, 0.2) is 5.84 Å². The number of hydrogen-bond donors (Lipinski definition) is 2. The van der Waals surface area contributed by atoms with E-state index in [1.54, 1.807) is 0 Å². The minimum atomic E-state index is -0.385. The number of nitrogens with zero attached hydrogens (tertiary/aromatic N) is 6. The Morgan fingerprint density at radius 3 is 2.08 bits per heavy atom. The van der Waals surface area contributed by atoms with Crippen molar-refractivity contribution >= 4 is 72.4 Å². The second kappa shape index (κ2) is 21.3. The predicted molar refractivity (Wildman–Crippen MR) is 350 cm³/mol. The van der Waals surface area contributed by atoms with Gasteiger partial charge in [0.05, 0.1) is 27.8 Å². The summed E-state index contributed by atoms with van der Waals surface area (Å²) in [6, 6.07) is 59.8. The lowest BCUT2D eigenvalue weighted by molar-refractivity contribution is 0.501. The second-order valence-electron chi connectivity index (χ2n) is 23.1. The monoisotopic (exact) mass is 1090 g/mol. The first-order chi connectivity index (χ1) is 41.6. The summed E-state index contributed by atoms with van der Waals surface area (Å²) >= 11 is 0. The zero-order valence-electron chi connectivity index (χ0n) is 46.9. The molecule has 0 spiro atoms. The zero-order valence-corrected chi connectivity index (χ0v) is 46.9. The molecule has 0 radical (unpaired) electrons. The Balaban J connectivity index is 0.921. The summed E-state index contributed by atoms with van der Waals surface area (Å²) in [6.45, 7) is 0. The van der Waals surface area contributed by atoms with Gasteiger partial charge in [-0.2, -0.15) is 0 Å². The van der Waals surface area contributed by atoms with Crippen LogP contribution in [-0.4, -0.2) is 39.0 Å². The molecule has 4 heterocycles. The summed E-state index contributed by atoms with van der Waals surface area (Å²) in [4.78, 5) is 16.6. The first-order valence-corrected chi connectivity index (χ1v) is 30.1. The number of aliphatic imine (C=N–C) groups is 3. The Hall–Kier alpha value is -9.63. The number of para-hydroxylation sites is 2. The molecule has 8 heteroatoms. The van der Waals surface area contributed by atoms with Crippen molar-refractivity contribution < 1.29 is 0 Å². The Kier molecular flexibility index (Phi) is 12.7. The largest absolute Gasteiger partial charge is 0.616 e. The van der Waals surface area contributed by atoms with Crippen LogP contribution in [0.25, 0.3) is 77.0 Å². The van der Waals surface area contributed by atoms with Crippen molar-refractivity contribution in [2.75, 3.05) is 0 Å². The van der Waals surface area contributed by atoms with Crippen molar-refractivity contribution in [3.8, 4) is 16.8 Å². The lowest BCUT2D eigenvalue weighted by atomic mass is 9.89. The highest BCUT2D eigenvalue weighted by molar-refractivity contribution is 6.27. The van der Waals surface area contributed by atoms with Crippen LogP contribution in [0.3, 0.4) is 0 Å². The van der Waals surface area contributed by atoms with Gasteiger partial charge < -0.3 is 25.1 Å². The van der Waals surface area contributed by atoms with Gasteiger partial charge in [-0.3, -0.25) is 4.99 Å². The van der Waals surface area contributed by atoms with Gasteiger partial charge in [0.25, 0.3) is 0 Å². The molecule has 0 fully saturated rings. The van der Waals surface area contributed by atoms with Crippen LogP contribution in [0.1, 0.15) is 86.2 Å². The molecule has 8 nitrogen and oxygen atoms in total. The molecule has 0 saturated carbocycles. The van der Waals surface area contributed by atoms with E-state index in [9.17, 15) is 0 Å². The number of nitrogens with one attached hydrogen (secondary N) is 2. The fourth-order valence-corrected chi connectivity index (χ4v) is 13.8. The highest BCUT2D eigenvalue weighted by atomic mass is 15.3. The van der Waals surface area contributed by atoms with Crippen molar-refractivity contribution in [3.63, 3.8) is 0 Å². The topological polar surface area (TPSA) is 85.1 Å². The molecule has 0 saturated heterocycles. The van der Waals surface area contributed by atoms with Crippen molar-refractivity contribution in [1.29, 1.82) is 0 Å². The van der Waals surface area contributed by atoms with E-state index in [1.165, 1.54) is 82.8 Å². The molecule has 408 valence electrons. The van der Waals surface area contributed by atoms with E-state index in [2.05, 4.69) is 256 Å². The molecule has 4 atom stereocenters. The maximum atomic E-state index is 5.71. The van der Waals surface area contributed by atoms with Gasteiger partial charge in [0, 0.05) is 38.4 Å². The first-order valence-electron chi connectivity index (χ1n) is 30.1. The molecule has 16 rings (SSSR count). The van der Waals surface area contributed by atoms with Crippen molar-refractivity contribution in [2.45, 2.75) is 76.3 Å². The van der Waals surface area contributed by atoms with Gasteiger partial charge in [-0.25, -0.2) is 9.98 Å². The van der Waals surface area contributed by atoms with Crippen LogP contribution in [0, 0.1) is 5.92 Å². The molecule has 0 amide bonds. The lowest BCUT2D eigenvalue weighted by Gasteiger charge is -2.47. The smallest absolute Gasteiger partial charge is 0.159 e. The summed E-state index contributed by atoms with van der Waals surface area (Å²) in [6.07, 6.45) is 34.9. The van der Waals surface area contributed by atoms with Gasteiger partial charge in [0.2, 0.25) is 0 Å². The SMILES string of the molecule is C1=CCCC(C2=NC(C3C=CC=CC3)[N-]C(c3ccc(-n4c5ccccc5c5ccc6c(c7ccccc7n6C6=CC7=C(C=CCC7)CC6)c54)c(C4=NC(c5ccc(-c6ccccc6)cc5)=NC(C5=CC=C(c6ccccc6)CC5)N4)c3)N2)=C1. The first kappa shape index (κ1) is 50.1. The number of amidine groups is 3. The molecular formula is C76H63N8-. The summed E-state index contributed by atoms with van der Waals surface area (Å²) in [5, 5.41) is 18.4. The maximum Gasteiger partial charge on any atom is 0.159 e. The van der Waals surface area contributed by atoms with Gasteiger partial charge in [0.1, 0.15) is 17.8 Å². The van der Waals surface area contributed by atoms with Crippen LogP contribution < -0.4 is 10.6 Å². The van der Waals surface area contributed by atoms with Crippen LogP contribution in [0.15, 0.2) is 274 Å². The number of fused-ring (bicyclic) bond motifs is 7. The van der Waals surface area contributed by atoms with E-state index in [0.717, 1.165) is 103 Å². The van der Waals surface area contributed by atoms with Crippen LogP contribution in [0.4, 0.5) is 0 Å². The Labute approximate surface area is 490 Å². The summed E-state index contributed by atoms with van der Waals surface area (Å²) in [7, 11) is 0. The summed E-state index contributed by atoms with van der Waals surface area (Å²) in [5.41, 5.74) is 20.4. The second-order valence-corrected chi connectivity index (χ2v) is 23.1. The summed E-state index contributed by atoms with van der Waals surface area (Å²) in [5.74, 6) is 2.52. The van der Waals surface area contributed by atoms with E-state index < -0.39 is 0 Å². The number of rotatable bonds is 10. The third kappa shape index (κ3) is 9.00. The van der Waals surface area contributed by atoms with E-state index in [1.807, 2.05) is 0 Å². The van der Waals surface area contributed by atoms with Crippen molar-refractivity contribution in [1.82, 2.24) is 19.8 Å². The minimum Gasteiger partial charge on any atom is -0.616 e. The molecule has 9 aromatic rings. The number of hydrogen-bond acceptors (Lipinski definition) is 5. The van der Waals surface area contributed by atoms with E-state index in [-0.39, 0.29) is 24.4 Å². The molecule has 7 aromatic carbocycles. The Bertz CT molecular complexity index is 4540. The van der Waals surface area contributed by atoms with Crippen LogP contribution in [0.2, 0.25) is 0 Å². The normalized spacial score (nSPS) is 21.3. The lowest BCUT2D eigenvalue weighted by Crippen LogP contribution is -2.41. The van der Waals surface area contributed by atoms with E-state index in [0.29, 0.717) is 5.84 Å². The number of allylic oxidation sites excluding steroid dienone is 15. The fraction of sp³-hybridized carbons (Fsp3) is 0.171. The van der Waals surface area contributed by atoms with Crippen LogP contribution in [-0.2, 0) is 0 Å². The van der Waals surface area contributed by atoms with Crippen LogP contribution in [0.5, 0.6) is 0 Å². The average Bonchev–Trinajstić information content (AvgIpc) is 1.66. The molecule has 2 N–H and O–H groups in total. The molecule has 7 aliphatic rings. The van der Waals surface area contributed by atoms with Crippen molar-refractivity contribution in [2.24, 2.45) is 20.9 Å². The molecule has 5 aliphatic carbocycles. The summed E-state index contributed by atoms with van der Waals surface area (Å²) < 4.78 is 5.11. The minimum absolute atomic E-state index is 0.148. The highest BCUT2D eigenvalue weighted by Crippen LogP contribution is 2.45. The Morgan fingerprint density at radius 1 is 0.512 bits per heavy atom. The van der Waals surface area contributed by atoms with Gasteiger partial charge in [-0.1, -0.05) is 200 Å². The standard InChI is InChI=1S/C76H63N8/c1-5-19-49(20-6-1)52-33-37-56(38-34-52)73-78-74(57-39-35-53(36-40-57)50-21-7-2-8-22-50)82-76(81-73)64-48-59(75-79-71(54-24-9-3-10-25-54)77-72(80-75)55-26-11-4-12-27-55)42-45-67(64)84-65-31-17-15-29-61(65)62-44-46-68-69(70(62)84)63-30-16-18-32-66(63)83(68)60-43-41-51-23-13-14-28-58(51)47-60/h1-11,13,15-24,26,29-35,37-39,42,44-48,54,71,74-75H,12,14,25,27-28,36,40-41,43H2,(H,77,80)(H,78,81,82)/q-1. The maximum absolute atomic E-state index is 5.71. The molecule has 4 unspecified atom stereocenters. The van der Waals surface area contributed by atoms with Gasteiger partial charge >= 0.3 is 0 Å². The van der Waals surface area contributed by atoms with E-state index in [4.69, 9.17) is 20.3 Å². The number of benzene rings is 7. The van der Waals surface area contributed by atoms with Crippen LogP contribution >= 0.6 is 0 Å². The van der Waals surface area contributed by atoms with Crippen molar-refractivity contribution in [3.05, 3.63) is 287 Å². The molecule has 84 heavy (non-hydrogen) atoms. The molecule has 2 aromatic heterocycles. The number of aromatic nitrogens is 2. The quantitative estimate of drug-likeness (QED) is 0.143. The molecule has 2 aliphatic heterocycles. The van der Waals surface area contributed by atoms with Gasteiger partial charge in [-0.15, -0.1) is 0 Å². The highest BCUT2D eigenvalue weighted by Gasteiger charge is 2.30. The third-order valence-corrected chi connectivity index (χ3v) is 18.1. The van der Waals surface area contributed by atoms with Gasteiger partial charge in [-0.05, 0) is 163 Å². The Morgan fingerprint density at radius 2 is 1.29 bits per heavy atom.